The second-order valence-electron chi connectivity index (χ2n) is 10.8. The Morgan fingerprint density at radius 3 is 0.955 bits per heavy atom. The molecule has 0 aliphatic heterocycles. The Morgan fingerprint density at radius 1 is 0.318 bits per heavy atom. The molecule has 0 spiro atoms. The number of ether oxygens (including phenoxy) is 9. The van der Waals surface area contributed by atoms with E-state index in [1.807, 2.05) is 0 Å². The van der Waals surface area contributed by atoms with Crippen molar-refractivity contribution in [2.75, 3.05) is 112 Å². The average molecular weight is 637 g/mol. The van der Waals surface area contributed by atoms with Gasteiger partial charge in [0.2, 0.25) is 0 Å². The highest BCUT2D eigenvalue weighted by Crippen LogP contribution is 2.08. The van der Waals surface area contributed by atoms with Crippen LogP contribution in [-0.4, -0.2) is 118 Å². The van der Waals surface area contributed by atoms with Crippen LogP contribution < -0.4 is 0 Å². The largest absolute Gasteiger partial charge is 0.463 e. The van der Waals surface area contributed by atoms with Crippen molar-refractivity contribution in [1.29, 1.82) is 0 Å². The molecule has 0 radical (unpaired) electrons. The highest BCUT2D eigenvalue weighted by Gasteiger charge is 2.02. The maximum atomic E-state index is 11.6. The molecular weight excluding hydrogens is 568 g/mol. The van der Waals surface area contributed by atoms with Gasteiger partial charge in [-0.2, -0.15) is 0 Å². The lowest BCUT2D eigenvalue weighted by atomic mass is 10.1. The number of esters is 1. The fourth-order valence-corrected chi connectivity index (χ4v) is 4.14. The van der Waals surface area contributed by atoms with Gasteiger partial charge >= 0.3 is 5.97 Å². The van der Waals surface area contributed by atoms with E-state index >= 15 is 0 Å². The Hall–Kier alpha value is -0.850. The predicted molar refractivity (Wildman–Crippen MR) is 173 cm³/mol. The van der Waals surface area contributed by atoms with Crippen molar-refractivity contribution in [3.8, 4) is 0 Å². The van der Waals surface area contributed by atoms with Crippen LogP contribution >= 0.6 is 0 Å². The van der Waals surface area contributed by atoms with Crippen LogP contribution in [0.5, 0.6) is 0 Å². The van der Waals surface area contributed by atoms with Crippen LogP contribution in [0.4, 0.5) is 0 Å². The molecule has 0 aliphatic rings. The fraction of sp³-hybridized carbons (Fsp3) is 0.971. The lowest BCUT2D eigenvalue weighted by Gasteiger charge is -2.09. The van der Waals surface area contributed by atoms with Crippen LogP contribution in [-0.2, 0) is 47.4 Å². The van der Waals surface area contributed by atoms with Crippen molar-refractivity contribution in [3.63, 3.8) is 0 Å². The van der Waals surface area contributed by atoms with Crippen molar-refractivity contribution in [3.05, 3.63) is 0 Å². The Kier molecular flexibility index (Phi) is 39.4. The molecule has 0 aromatic heterocycles. The smallest absolute Gasteiger partial charge is 0.305 e. The lowest BCUT2D eigenvalue weighted by Crippen LogP contribution is -2.15. The molecule has 0 amide bonds. The van der Waals surface area contributed by atoms with E-state index in [1.165, 1.54) is 64.2 Å². The predicted octanol–water partition coefficient (Wildman–Crippen LogP) is 6.16. The molecule has 264 valence electrons. The van der Waals surface area contributed by atoms with E-state index in [0.717, 1.165) is 25.9 Å². The summed E-state index contributed by atoms with van der Waals surface area (Å²) in [6, 6.07) is 0. The average Bonchev–Trinajstić information content (AvgIpc) is 3.03. The van der Waals surface area contributed by atoms with E-state index in [4.69, 9.17) is 42.6 Å². The van der Waals surface area contributed by atoms with Gasteiger partial charge in [0.15, 0.2) is 0 Å². The second kappa shape index (κ2) is 40.2. The third kappa shape index (κ3) is 39.2. The summed E-state index contributed by atoms with van der Waals surface area (Å²) in [7, 11) is 0. The topological polar surface area (TPSA) is 100 Å². The first-order valence-electron chi connectivity index (χ1n) is 17.6. The number of hydrogen-bond donors (Lipinski definition) is 0. The maximum absolute atomic E-state index is 11.6. The van der Waals surface area contributed by atoms with Gasteiger partial charge in [0.1, 0.15) is 6.61 Å². The molecule has 0 saturated heterocycles. The standard InChI is InChI=1S/C34H68O10/c1-3-5-7-9-10-11-13-15-17-36-18-19-37-20-21-38-22-23-39-24-25-40-26-27-41-28-29-42-30-31-43-32-33-44-34(35)16-14-12-8-6-4-2/h3-33H2,1-2H3. The highest BCUT2D eigenvalue weighted by molar-refractivity contribution is 5.69. The summed E-state index contributed by atoms with van der Waals surface area (Å²) in [5.74, 6) is -0.141. The summed E-state index contributed by atoms with van der Waals surface area (Å²) >= 11 is 0. The van der Waals surface area contributed by atoms with Gasteiger partial charge in [0, 0.05) is 13.0 Å². The molecule has 0 aromatic rings. The van der Waals surface area contributed by atoms with Crippen LogP contribution in [0.15, 0.2) is 0 Å². The molecule has 0 unspecified atom stereocenters. The lowest BCUT2D eigenvalue weighted by molar-refractivity contribution is -0.145. The molecular formula is C34H68O10. The quantitative estimate of drug-likeness (QED) is 0.0576. The Bertz CT molecular complexity index is 538. The SMILES string of the molecule is CCCCCCCCCCOCCOCCOCCOCCOCCOCCOCCOCCOC(=O)CCCCCCC. The Labute approximate surface area is 269 Å². The molecule has 44 heavy (non-hydrogen) atoms. The number of rotatable bonds is 39. The first-order valence-corrected chi connectivity index (χ1v) is 17.6. The van der Waals surface area contributed by atoms with Gasteiger partial charge in [-0.1, -0.05) is 84.5 Å². The number of hydrogen-bond acceptors (Lipinski definition) is 10. The van der Waals surface area contributed by atoms with Gasteiger partial charge in [-0.25, -0.2) is 0 Å². The summed E-state index contributed by atoms with van der Waals surface area (Å²) in [5.41, 5.74) is 0. The van der Waals surface area contributed by atoms with E-state index in [9.17, 15) is 4.79 Å². The summed E-state index contributed by atoms with van der Waals surface area (Å²) in [6.07, 6.45) is 16.6. The van der Waals surface area contributed by atoms with Gasteiger partial charge in [-0.3, -0.25) is 4.79 Å². The summed E-state index contributed by atoms with van der Waals surface area (Å²) in [5, 5.41) is 0. The molecule has 0 aliphatic carbocycles. The highest BCUT2D eigenvalue weighted by atomic mass is 16.6. The summed E-state index contributed by atoms with van der Waals surface area (Å²) in [4.78, 5) is 11.6. The van der Waals surface area contributed by atoms with Gasteiger partial charge in [-0.15, -0.1) is 0 Å². The second-order valence-corrected chi connectivity index (χ2v) is 10.8. The van der Waals surface area contributed by atoms with Crippen molar-refractivity contribution in [2.45, 2.75) is 104 Å². The molecule has 0 atom stereocenters. The fourth-order valence-electron chi connectivity index (χ4n) is 4.14. The van der Waals surface area contributed by atoms with E-state index in [0.29, 0.717) is 112 Å². The van der Waals surface area contributed by atoms with E-state index < -0.39 is 0 Å². The molecule has 0 bridgehead atoms. The first-order chi connectivity index (χ1) is 21.8. The van der Waals surface area contributed by atoms with Gasteiger partial charge < -0.3 is 42.6 Å². The molecule has 0 saturated carbocycles. The van der Waals surface area contributed by atoms with Gasteiger partial charge in [0.25, 0.3) is 0 Å². The van der Waals surface area contributed by atoms with E-state index in [-0.39, 0.29) is 5.97 Å². The minimum Gasteiger partial charge on any atom is -0.463 e. The van der Waals surface area contributed by atoms with Crippen LogP contribution in [0.3, 0.4) is 0 Å². The maximum Gasteiger partial charge on any atom is 0.305 e. The monoisotopic (exact) mass is 636 g/mol. The molecule has 0 fully saturated rings. The molecule has 0 rings (SSSR count). The van der Waals surface area contributed by atoms with E-state index in [1.54, 1.807) is 0 Å². The van der Waals surface area contributed by atoms with Crippen molar-refractivity contribution in [1.82, 2.24) is 0 Å². The number of carbonyl (C=O) groups excluding carboxylic acids is 1. The molecule has 10 nitrogen and oxygen atoms in total. The van der Waals surface area contributed by atoms with Crippen molar-refractivity contribution in [2.24, 2.45) is 0 Å². The minimum absolute atomic E-state index is 0.141. The minimum atomic E-state index is -0.141. The summed E-state index contributed by atoms with van der Waals surface area (Å²) in [6.45, 7) is 13.4. The van der Waals surface area contributed by atoms with Gasteiger partial charge in [-0.05, 0) is 12.8 Å². The Balaban J connectivity index is 3.08. The molecule has 0 aromatic carbocycles. The van der Waals surface area contributed by atoms with Crippen LogP contribution in [0.2, 0.25) is 0 Å². The normalized spacial score (nSPS) is 11.4. The molecule has 10 heteroatoms. The van der Waals surface area contributed by atoms with Crippen LogP contribution in [0.1, 0.15) is 104 Å². The van der Waals surface area contributed by atoms with Crippen LogP contribution in [0, 0.1) is 0 Å². The van der Waals surface area contributed by atoms with Gasteiger partial charge in [0.05, 0.1) is 99.1 Å². The third-order valence-corrected chi connectivity index (χ3v) is 6.72. The molecule has 0 N–H and O–H groups in total. The van der Waals surface area contributed by atoms with Crippen molar-refractivity contribution < 1.29 is 47.4 Å². The van der Waals surface area contributed by atoms with E-state index in [2.05, 4.69) is 13.8 Å². The third-order valence-electron chi connectivity index (χ3n) is 6.72. The zero-order chi connectivity index (χ0) is 31.9. The zero-order valence-corrected chi connectivity index (χ0v) is 28.5. The summed E-state index contributed by atoms with van der Waals surface area (Å²) < 4.78 is 49.1. The van der Waals surface area contributed by atoms with Crippen LogP contribution in [0.25, 0.3) is 0 Å². The Morgan fingerprint density at radius 2 is 0.591 bits per heavy atom. The number of carbonyl (C=O) groups is 1. The zero-order valence-electron chi connectivity index (χ0n) is 28.5. The first kappa shape index (κ1) is 43.1. The number of unbranched alkanes of at least 4 members (excludes halogenated alkanes) is 11. The van der Waals surface area contributed by atoms with Crippen molar-refractivity contribution >= 4 is 5.97 Å². The molecule has 0 heterocycles.